The number of fused-ring (bicyclic) bond motifs is 3. The number of rotatable bonds is 4. The van der Waals surface area contributed by atoms with Gasteiger partial charge in [-0.1, -0.05) is 23.5 Å². The molecule has 0 unspecified atom stereocenters. The van der Waals surface area contributed by atoms with Crippen LogP contribution in [0.15, 0.2) is 48.5 Å². The molecule has 0 spiro atoms. The second-order valence-corrected chi connectivity index (χ2v) is 7.94. The number of hydrogen-bond acceptors (Lipinski definition) is 4. The highest BCUT2D eigenvalue weighted by Crippen LogP contribution is 2.32. The molecule has 4 nitrogen and oxygen atoms in total. The first-order valence-corrected chi connectivity index (χ1v) is 9.31. The summed E-state index contributed by atoms with van der Waals surface area (Å²) in [5.41, 5.74) is 2.38. The van der Waals surface area contributed by atoms with Crippen molar-refractivity contribution in [1.82, 2.24) is 10.3 Å². The lowest BCUT2D eigenvalue weighted by Gasteiger charge is -2.31. The van der Waals surface area contributed by atoms with Gasteiger partial charge in [0.2, 0.25) is 0 Å². The number of aromatic nitrogens is 1. The molecule has 2 fully saturated rings. The van der Waals surface area contributed by atoms with E-state index < -0.39 is 0 Å². The van der Waals surface area contributed by atoms with Gasteiger partial charge >= 0.3 is 0 Å². The zero-order valence-electron chi connectivity index (χ0n) is 13.4. The molecule has 1 N–H and O–H groups in total. The third kappa shape index (κ3) is 2.59. The summed E-state index contributed by atoms with van der Waals surface area (Å²) in [6.07, 6.45) is 1.32. The van der Waals surface area contributed by atoms with Crippen LogP contribution in [0.3, 0.4) is 0 Å². The van der Waals surface area contributed by atoms with Crippen molar-refractivity contribution in [3.8, 4) is 10.9 Å². The Hall–Kier alpha value is -1.95. The number of thiazole rings is 1. The molecule has 2 saturated heterocycles. The van der Waals surface area contributed by atoms with Crippen LogP contribution in [0.5, 0.6) is 10.9 Å². The highest BCUT2D eigenvalue weighted by Gasteiger charge is 2.44. The highest BCUT2D eigenvalue weighted by molar-refractivity contribution is 7.20. The normalized spacial score (nSPS) is 25.4. The van der Waals surface area contributed by atoms with Crippen LogP contribution in [0.25, 0.3) is 10.2 Å². The molecule has 3 aromatic rings. The van der Waals surface area contributed by atoms with Gasteiger partial charge in [-0.05, 0) is 36.4 Å². The Balaban J connectivity index is 1.31. The first kappa shape index (κ1) is 14.4. The topological polar surface area (TPSA) is 34.1 Å². The number of nitrogens with zero attached hydrogens (tertiary/aromatic N) is 2. The van der Waals surface area contributed by atoms with E-state index in [-0.39, 0.29) is 0 Å². The minimum absolute atomic E-state index is 0.706. The third-order valence-electron chi connectivity index (χ3n) is 5.20. The van der Waals surface area contributed by atoms with Gasteiger partial charge in [0.05, 0.1) is 29.3 Å². The number of para-hydroxylation sites is 1. The molecule has 2 atom stereocenters. The molecule has 2 bridgehead atoms. The van der Waals surface area contributed by atoms with Crippen LogP contribution >= 0.6 is 11.3 Å². The molecule has 2 aromatic carbocycles. The first-order valence-electron chi connectivity index (χ1n) is 8.49. The molecule has 0 amide bonds. The lowest BCUT2D eigenvalue weighted by molar-refractivity contribution is -0.923. The average molecular weight is 338 g/mol. The Kier molecular flexibility index (Phi) is 3.33. The molecule has 1 aromatic heterocycles. The van der Waals surface area contributed by atoms with Gasteiger partial charge in [0, 0.05) is 12.0 Å². The number of nitrogens with one attached hydrogen (secondary N) is 1. The van der Waals surface area contributed by atoms with Gasteiger partial charge in [-0.2, -0.15) is 0 Å². The standard InChI is InChI=1S/C19H20N3OS/c1-2-4-18-17(3-1)21-19(24-18)23-16-7-5-14(6-8-16)11-22-10-9-15(12-22)20-13-22/h1-8,15,20H,9-13H2/q+1/t15-,22+/m0/s1. The Labute approximate surface area is 145 Å². The van der Waals surface area contributed by atoms with Gasteiger partial charge in [0.25, 0.3) is 5.19 Å². The first-order chi connectivity index (χ1) is 11.8. The van der Waals surface area contributed by atoms with Crippen LogP contribution < -0.4 is 10.1 Å². The lowest BCUT2D eigenvalue weighted by atomic mass is 10.2. The van der Waals surface area contributed by atoms with E-state index >= 15 is 0 Å². The van der Waals surface area contributed by atoms with Gasteiger partial charge in [-0.15, -0.1) is 0 Å². The van der Waals surface area contributed by atoms with E-state index in [9.17, 15) is 0 Å². The number of hydrogen-bond donors (Lipinski definition) is 1. The van der Waals surface area contributed by atoms with Gasteiger partial charge < -0.3 is 9.22 Å². The van der Waals surface area contributed by atoms with E-state index in [0.29, 0.717) is 5.19 Å². The van der Waals surface area contributed by atoms with Gasteiger partial charge in [-0.3, -0.25) is 5.32 Å². The largest absolute Gasteiger partial charge is 0.431 e. The van der Waals surface area contributed by atoms with Crippen molar-refractivity contribution < 1.29 is 9.22 Å². The summed E-state index contributed by atoms with van der Waals surface area (Å²) in [5.74, 6) is 0.858. The highest BCUT2D eigenvalue weighted by atomic mass is 32.1. The van der Waals surface area contributed by atoms with E-state index in [4.69, 9.17) is 4.74 Å². The van der Waals surface area contributed by atoms with E-state index in [1.54, 1.807) is 11.3 Å². The van der Waals surface area contributed by atoms with E-state index in [2.05, 4.69) is 40.6 Å². The summed E-state index contributed by atoms with van der Waals surface area (Å²) in [6.45, 7) is 4.82. The smallest absolute Gasteiger partial charge is 0.279 e. The molecule has 5 heteroatoms. The van der Waals surface area contributed by atoms with Crippen molar-refractivity contribution in [2.75, 3.05) is 19.8 Å². The second kappa shape index (κ2) is 5.55. The molecule has 0 radical (unpaired) electrons. The Morgan fingerprint density at radius 1 is 1.17 bits per heavy atom. The molecular weight excluding hydrogens is 318 g/mol. The van der Waals surface area contributed by atoms with E-state index in [0.717, 1.165) is 35.2 Å². The molecule has 3 heterocycles. The maximum atomic E-state index is 5.94. The van der Waals surface area contributed by atoms with Gasteiger partial charge in [0.15, 0.2) is 0 Å². The maximum Gasteiger partial charge on any atom is 0.279 e. The van der Waals surface area contributed by atoms with Crippen LogP contribution in [0.4, 0.5) is 0 Å². The van der Waals surface area contributed by atoms with Crippen molar-refractivity contribution in [3.05, 3.63) is 54.1 Å². The van der Waals surface area contributed by atoms with Gasteiger partial charge in [0.1, 0.15) is 19.0 Å². The van der Waals surface area contributed by atoms with Crippen LogP contribution in [0.1, 0.15) is 12.0 Å². The van der Waals surface area contributed by atoms with Crippen molar-refractivity contribution >= 4 is 21.6 Å². The van der Waals surface area contributed by atoms with E-state index in [1.165, 1.54) is 29.6 Å². The zero-order valence-corrected chi connectivity index (χ0v) is 14.3. The summed E-state index contributed by atoms with van der Waals surface area (Å²) in [6, 6.07) is 17.4. The summed E-state index contributed by atoms with van der Waals surface area (Å²) in [7, 11) is 0. The Bertz CT molecular complexity index is 833. The van der Waals surface area contributed by atoms with Crippen LogP contribution in [0, 0.1) is 0 Å². The monoisotopic (exact) mass is 338 g/mol. The van der Waals surface area contributed by atoms with Crippen molar-refractivity contribution in [2.45, 2.75) is 19.0 Å². The quantitative estimate of drug-likeness (QED) is 0.736. The van der Waals surface area contributed by atoms with Crippen molar-refractivity contribution in [3.63, 3.8) is 0 Å². The van der Waals surface area contributed by atoms with Crippen molar-refractivity contribution in [2.24, 2.45) is 0 Å². The molecule has 2 aliphatic heterocycles. The van der Waals surface area contributed by atoms with Crippen LogP contribution in [0.2, 0.25) is 0 Å². The second-order valence-electron chi connectivity index (χ2n) is 6.95. The molecule has 24 heavy (non-hydrogen) atoms. The number of benzene rings is 2. The minimum atomic E-state index is 0.706. The fourth-order valence-corrected chi connectivity index (χ4v) is 4.79. The summed E-state index contributed by atoms with van der Waals surface area (Å²) in [5, 5.41) is 4.32. The van der Waals surface area contributed by atoms with Crippen LogP contribution in [-0.4, -0.2) is 35.3 Å². The van der Waals surface area contributed by atoms with Crippen molar-refractivity contribution in [1.29, 1.82) is 0 Å². The molecular formula is C19H20N3OS+. The fraction of sp³-hybridized carbons (Fsp3) is 0.316. The molecule has 5 rings (SSSR count). The lowest BCUT2D eigenvalue weighted by Crippen LogP contribution is -2.46. The maximum absolute atomic E-state index is 5.94. The summed E-state index contributed by atoms with van der Waals surface area (Å²) >= 11 is 1.59. The zero-order chi connectivity index (χ0) is 16.0. The molecule has 2 aliphatic rings. The fourth-order valence-electron chi connectivity index (χ4n) is 3.96. The minimum Gasteiger partial charge on any atom is -0.431 e. The summed E-state index contributed by atoms with van der Waals surface area (Å²) in [4.78, 5) is 4.53. The molecule has 0 saturated carbocycles. The Morgan fingerprint density at radius 2 is 2.04 bits per heavy atom. The Morgan fingerprint density at radius 3 is 2.75 bits per heavy atom. The van der Waals surface area contributed by atoms with Crippen LogP contribution in [-0.2, 0) is 6.54 Å². The third-order valence-corrected chi connectivity index (χ3v) is 6.11. The predicted molar refractivity (Wildman–Crippen MR) is 96.2 cm³/mol. The SMILES string of the molecule is c1ccc2sc(Oc3ccc(C[N@+]45CC[C@@H](C4)NC5)cc3)nc2c1. The number of quaternary nitrogens is 1. The molecule has 122 valence electrons. The molecule has 0 aliphatic carbocycles. The summed E-state index contributed by atoms with van der Waals surface area (Å²) < 4.78 is 8.29. The predicted octanol–water partition coefficient (Wildman–Crippen LogP) is 3.74. The van der Waals surface area contributed by atoms with E-state index in [1.807, 2.05) is 18.2 Å². The van der Waals surface area contributed by atoms with Gasteiger partial charge in [-0.25, -0.2) is 4.98 Å². The number of ether oxygens (including phenoxy) is 1. The average Bonchev–Trinajstić information content (AvgIpc) is 3.30.